The van der Waals surface area contributed by atoms with E-state index in [2.05, 4.69) is 18.2 Å². The molecule has 0 saturated heterocycles. The third-order valence-electron chi connectivity index (χ3n) is 6.92. The van der Waals surface area contributed by atoms with E-state index in [1.54, 1.807) is 22.9 Å². The van der Waals surface area contributed by atoms with Crippen LogP contribution in [-0.2, 0) is 13.0 Å². The number of benzene rings is 4. The van der Waals surface area contributed by atoms with Crippen LogP contribution in [0, 0.1) is 0 Å². The van der Waals surface area contributed by atoms with Gasteiger partial charge in [0.2, 0.25) is 0 Å². The summed E-state index contributed by atoms with van der Waals surface area (Å²) in [4.78, 5) is 30.1. The molecule has 6 nitrogen and oxygen atoms in total. The first-order chi connectivity index (χ1) is 17.3. The molecule has 4 aromatic carbocycles. The molecular formula is C30H28N2O4. The Bertz CT molecular complexity index is 1470. The van der Waals surface area contributed by atoms with Gasteiger partial charge in [0, 0.05) is 37.0 Å². The maximum Gasteiger partial charge on any atom is 0.262 e. The van der Waals surface area contributed by atoms with Crippen molar-refractivity contribution in [2.45, 2.75) is 32.4 Å². The first-order valence-corrected chi connectivity index (χ1v) is 12.0. The molecule has 0 aliphatic carbocycles. The van der Waals surface area contributed by atoms with Crippen LogP contribution < -0.4 is 4.90 Å². The summed E-state index contributed by atoms with van der Waals surface area (Å²) in [6.07, 6.45) is 1.48. The Morgan fingerprint density at radius 1 is 0.972 bits per heavy atom. The molecule has 36 heavy (non-hydrogen) atoms. The van der Waals surface area contributed by atoms with E-state index >= 15 is 0 Å². The molecule has 5 rings (SSSR count). The third kappa shape index (κ3) is 4.26. The largest absolute Gasteiger partial charge is 0.508 e. The number of anilines is 1. The molecule has 0 fully saturated rings. The van der Waals surface area contributed by atoms with Crippen LogP contribution in [0.4, 0.5) is 5.69 Å². The summed E-state index contributed by atoms with van der Waals surface area (Å²) in [7, 11) is 1.80. The maximum absolute atomic E-state index is 13.4. The lowest BCUT2D eigenvalue weighted by atomic mass is 9.93. The van der Waals surface area contributed by atoms with E-state index in [0.29, 0.717) is 12.1 Å². The second kappa shape index (κ2) is 9.38. The minimum absolute atomic E-state index is 0.0752. The fourth-order valence-electron chi connectivity index (χ4n) is 5.00. The molecule has 1 aliphatic rings. The van der Waals surface area contributed by atoms with Crippen molar-refractivity contribution in [3.8, 4) is 11.5 Å². The highest BCUT2D eigenvalue weighted by atomic mass is 16.3. The molecule has 0 radical (unpaired) electrons. The van der Waals surface area contributed by atoms with Crippen LogP contribution in [0.2, 0.25) is 0 Å². The number of aryl methyl sites for hydroxylation is 1. The quantitative estimate of drug-likeness (QED) is 0.404. The Hall–Kier alpha value is -4.32. The second-order valence-electron chi connectivity index (χ2n) is 9.41. The summed E-state index contributed by atoms with van der Waals surface area (Å²) in [6.45, 7) is 2.45. The van der Waals surface area contributed by atoms with Gasteiger partial charge in [-0.25, -0.2) is 0 Å². The first-order valence-electron chi connectivity index (χ1n) is 12.0. The van der Waals surface area contributed by atoms with Gasteiger partial charge in [-0.05, 0) is 72.0 Å². The van der Waals surface area contributed by atoms with E-state index in [4.69, 9.17) is 0 Å². The van der Waals surface area contributed by atoms with Gasteiger partial charge in [0.05, 0.1) is 5.56 Å². The second-order valence-corrected chi connectivity index (χ2v) is 9.41. The minimum atomic E-state index is -0.340. The molecule has 0 bridgehead atoms. The Balaban J connectivity index is 1.41. The van der Waals surface area contributed by atoms with Crippen LogP contribution in [-0.4, -0.2) is 40.0 Å². The Labute approximate surface area is 210 Å². The van der Waals surface area contributed by atoms with Crippen molar-refractivity contribution in [1.82, 2.24) is 4.90 Å². The molecule has 6 heteroatoms. The fraction of sp³-hybridized carbons (Fsp3) is 0.200. The highest BCUT2D eigenvalue weighted by Gasteiger charge is 2.31. The minimum Gasteiger partial charge on any atom is -0.508 e. The number of fused-ring (bicyclic) bond motifs is 2. The Kier molecular flexibility index (Phi) is 6.10. The van der Waals surface area contributed by atoms with Crippen LogP contribution in [0.25, 0.3) is 10.8 Å². The van der Waals surface area contributed by atoms with Crippen molar-refractivity contribution < 1.29 is 19.8 Å². The zero-order chi connectivity index (χ0) is 25.4. The number of rotatable bonds is 4. The van der Waals surface area contributed by atoms with Crippen molar-refractivity contribution in [3.05, 3.63) is 101 Å². The van der Waals surface area contributed by atoms with E-state index in [9.17, 15) is 19.8 Å². The topological polar surface area (TPSA) is 81.1 Å². The highest BCUT2D eigenvalue weighted by Crippen LogP contribution is 2.35. The van der Waals surface area contributed by atoms with Crippen LogP contribution in [0.3, 0.4) is 0 Å². The van der Waals surface area contributed by atoms with Crippen molar-refractivity contribution in [1.29, 1.82) is 0 Å². The lowest BCUT2D eigenvalue weighted by molar-refractivity contribution is 0.0785. The van der Waals surface area contributed by atoms with Gasteiger partial charge in [-0.15, -0.1) is 0 Å². The van der Waals surface area contributed by atoms with Gasteiger partial charge in [0.1, 0.15) is 11.5 Å². The number of carbonyl (C=O) groups is 2. The van der Waals surface area contributed by atoms with Crippen molar-refractivity contribution in [2.75, 3.05) is 11.9 Å². The average Bonchev–Trinajstić information content (AvgIpc) is 2.88. The average molecular weight is 481 g/mol. The first kappa shape index (κ1) is 23.4. The summed E-state index contributed by atoms with van der Waals surface area (Å²) in [6, 6.07) is 23.6. The van der Waals surface area contributed by atoms with Crippen molar-refractivity contribution in [3.63, 3.8) is 0 Å². The number of phenolic OH excluding ortho intramolecular Hbond substituents is 2. The van der Waals surface area contributed by atoms with E-state index in [-0.39, 0.29) is 34.9 Å². The maximum atomic E-state index is 13.4. The Morgan fingerprint density at radius 2 is 1.75 bits per heavy atom. The monoisotopic (exact) mass is 480 g/mol. The number of phenols is 2. The molecule has 182 valence electrons. The molecule has 2 N–H and O–H groups in total. The van der Waals surface area contributed by atoms with E-state index in [0.717, 1.165) is 46.5 Å². The molecule has 0 aromatic heterocycles. The standard InChI is InChI=1S/C30H28N2O4/c1-19-10-11-21-16-22(12-15-27(21)32(19)30(36)26-14-13-24(33)17-28(26)34)29(35)31(2)18-23-8-5-7-20-6-3-4-9-25(20)23/h3-9,12-17,19,33-34H,10-11,18H2,1-2H3/t19-/m0/s1. The van der Waals surface area contributed by atoms with E-state index in [1.165, 1.54) is 12.1 Å². The number of hydrogen-bond acceptors (Lipinski definition) is 4. The number of nitrogens with zero attached hydrogens (tertiary/aromatic N) is 2. The molecule has 2 amide bonds. The smallest absolute Gasteiger partial charge is 0.262 e. The van der Waals surface area contributed by atoms with Gasteiger partial charge in [0.25, 0.3) is 11.8 Å². The van der Waals surface area contributed by atoms with Gasteiger partial charge in [0.15, 0.2) is 0 Å². The summed E-state index contributed by atoms with van der Waals surface area (Å²) in [5.41, 5.74) is 3.44. The number of carbonyl (C=O) groups excluding carboxylic acids is 2. The highest BCUT2D eigenvalue weighted by molar-refractivity contribution is 6.09. The molecule has 4 aromatic rings. The van der Waals surface area contributed by atoms with Gasteiger partial charge < -0.3 is 20.0 Å². The zero-order valence-electron chi connectivity index (χ0n) is 20.3. The van der Waals surface area contributed by atoms with Crippen molar-refractivity contribution >= 4 is 28.3 Å². The molecular weight excluding hydrogens is 452 g/mol. The van der Waals surface area contributed by atoms with Crippen LogP contribution in [0.15, 0.2) is 78.9 Å². The van der Waals surface area contributed by atoms with Gasteiger partial charge >= 0.3 is 0 Å². The number of aromatic hydroxyl groups is 2. The van der Waals surface area contributed by atoms with Gasteiger partial charge in [-0.3, -0.25) is 9.59 Å². The van der Waals surface area contributed by atoms with E-state index < -0.39 is 0 Å². The molecule has 1 heterocycles. The summed E-state index contributed by atoms with van der Waals surface area (Å²) < 4.78 is 0. The predicted molar refractivity (Wildman–Crippen MR) is 141 cm³/mol. The SMILES string of the molecule is C[C@H]1CCc2cc(C(=O)N(C)Cc3cccc4ccccc34)ccc2N1C(=O)c1ccc(O)cc1O. The molecule has 1 aliphatic heterocycles. The zero-order valence-corrected chi connectivity index (χ0v) is 20.3. The normalized spacial score (nSPS) is 14.9. The molecule has 0 unspecified atom stereocenters. The summed E-state index contributed by atoms with van der Waals surface area (Å²) >= 11 is 0. The lowest BCUT2D eigenvalue weighted by Crippen LogP contribution is -2.42. The van der Waals surface area contributed by atoms with Crippen LogP contribution >= 0.6 is 0 Å². The van der Waals surface area contributed by atoms with Crippen LogP contribution in [0.5, 0.6) is 11.5 Å². The lowest BCUT2D eigenvalue weighted by Gasteiger charge is -2.36. The fourth-order valence-corrected chi connectivity index (χ4v) is 5.00. The number of amides is 2. The van der Waals surface area contributed by atoms with E-state index in [1.807, 2.05) is 43.3 Å². The third-order valence-corrected chi connectivity index (χ3v) is 6.92. The number of hydrogen-bond donors (Lipinski definition) is 2. The van der Waals surface area contributed by atoms with Gasteiger partial charge in [-0.2, -0.15) is 0 Å². The summed E-state index contributed by atoms with van der Waals surface area (Å²) in [5.74, 6) is -0.792. The van der Waals surface area contributed by atoms with Gasteiger partial charge in [-0.1, -0.05) is 42.5 Å². The van der Waals surface area contributed by atoms with Crippen LogP contribution in [0.1, 0.15) is 45.2 Å². The predicted octanol–water partition coefficient (Wildman–Crippen LogP) is 5.50. The van der Waals surface area contributed by atoms with Crippen molar-refractivity contribution in [2.24, 2.45) is 0 Å². The summed E-state index contributed by atoms with van der Waals surface area (Å²) in [5, 5.41) is 22.1. The molecule has 0 saturated carbocycles. The Morgan fingerprint density at radius 3 is 2.56 bits per heavy atom. The molecule has 0 spiro atoms. The molecule has 1 atom stereocenters.